The number of nitro benzene ring substituents is 2. The molecule has 1 aliphatic carbocycles. The topological polar surface area (TPSA) is 149 Å². The number of nitrogens with zero attached hydrogens (tertiary/aromatic N) is 4. The normalized spacial score (nSPS) is 14.0. The van der Waals surface area contributed by atoms with Crippen LogP contribution < -0.4 is 4.74 Å². The van der Waals surface area contributed by atoms with E-state index in [1.165, 1.54) is 29.2 Å². The summed E-state index contributed by atoms with van der Waals surface area (Å²) in [6.07, 6.45) is 2.27. The Kier molecular flexibility index (Phi) is 7.03. The molecule has 2 aromatic carbocycles. The van der Waals surface area contributed by atoms with Crippen molar-refractivity contribution in [3.63, 3.8) is 0 Å². The maximum Gasteiger partial charge on any atom is 0.407 e. The molecule has 0 atom stereocenters. The largest absolute Gasteiger partial charge is 0.491 e. The molecule has 3 aromatic rings. The minimum absolute atomic E-state index is 0.0500. The molecule has 1 fully saturated rings. The van der Waals surface area contributed by atoms with E-state index in [0.29, 0.717) is 41.3 Å². The zero-order valence-corrected chi connectivity index (χ0v) is 21.3. The zero-order valence-electron chi connectivity index (χ0n) is 21.3. The van der Waals surface area contributed by atoms with Crippen molar-refractivity contribution in [2.75, 3.05) is 13.2 Å². The Morgan fingerprint density at radius 1 is 1.00 bits per heavy atom. The summed E-state index contributed by atoms with van der Waals surface area (Å²) in [7, 11) is 0. The number of ether oxygens (including phenoxy) is 1. The smallest absolute Gasteiger partial charge is 0.407 e. The van der Waals surface area contributed by atoms with E-state index in [9.17, 15) is 30.1 Å². The van der Waals surface area contributed by atoms with Crippen LogP contribution in [-0.2, 0) is 0 Å². The van der Waals surface area contributed by atoms with Crippen molar-refractivity contribution >= 4 is 17.5 Å². The number of nitro groups is 2. The van der Waals surface area contributed by atoms with Gasteiger partial charge in [0.2, 0.25) is 0 Å². The van der Waals surface area contributed by atoms with Crippen molar-refractivity contribution < 1.29 is 24.5 Å². The SMILES string of the molecule is CC(C)(C)N(CC1(COc2cnc(-c3ccc([N+](=O)[O-])cc3)c(-c3ccc([N+](=O)[O-])cc3)c2)CC1)C(=O)O. The van der Waals surface area contributed by atoms with Gasteiger partial charge in [-0.1, -0.05) is 0 Å². The van der Waals surface area contributed by atoms with Gasteiger partial charge in [0.1, 0.15) is 5.75 Å². The minimum Gasteiger partial charge on any atom is -0.491 e. The molecule has 1 aliphatic rings. The Morgan fingerprint density at radius 2 is 1.53 bits per heavy atom. The molecule has 198 valence electrons. The van der Waals surface area contributed by atoms with Gasteiger partial charge in [0.25, 0.3) is 11.4 Å². The van der Waals surface area contributed by atoms with Crippen molar-refractivity contribution in [1.82, 2.24) is 9.88 Å². The number of benzene rings is 2. The first kappa shape index (κ1) is 26.5. The molecule has 1 saturated carbocycles. The van der Waals surface area contributed by atoms with Gasteiger partial charge >= 0.3 is 6.09 Å². The summed E-state index contributed by atoms with van der Waals surface area (Å²) in [4.78, 5) is 39.1. The van der Waals surface area contributed by atoms with Gasteiger partial charge in [0, 0.05) is 52.9 Å². The lowest BCUT2D eigenvalue weighted by atomic mass is 9.98. The molecule has 1 N–H and O–H groups in total. The van der Waals surface area contributed by atoms with Crippen molar-refractivity contribution in [2.24, 2.45) is 5.41 Å². The summed E-state index contributed by atoms with van der Waals surface area (Å²) in [5.41, 5.74) is 1.54. The van der Waals surface area contributed by atoms with Crippen LogP contribution in [0.5, 0.6) is 5.75 Å². The highest BCUT2D eigenvalue weighted by atomic mass is 16.6. The molecule has 0 aliphatic heterocycles. The molecule has 38 heavy (non-hydrogen) atoms. The van der Waals surface area contributed by atoms with Gasteiger partial charge < -0.3 is 14.7 Å². The number of amides is 1. The summed E-state index contributed by atoms with van der Waals surface area (Å²) in [5, 5.41) is 31.9. The lowest BCUT2D eigenvalue weighted by Crippen LogP contribution is -2.48. The Bertz CT molecular complexity index is 1360. The zero-order chi connectivity index (χ0) is 27.7. The van der Waals surface area contributed by atoms with Gasteiger partial charge in [-0.3, -0.25) is 25.2 Å². The van der Waals surface area contributed by atoms with Gasteiger partial charge in [-0.2, -0.15) is 0 Å². The molecule has 0 radical (unpaired) electrons. The maximum absolute atomic E-state index is 11.8. The summed E-state index contributed by atoms with van der Waals surface area (Å²) in [6.45, 7) is 6.24. The van der Waals surface area contributed by atoms with Crippen LogP contribution in [0, 0.1) is 25.6 Å². The summed E-state index contributed by atoms with van der Waals surface area (Å²) in [6, 6.07) is 13.8. The fourth-order valence-electron chi connectivity index (χ4n) is 4.17. The summed E-state index contributed by atoms with van der Waals surface area (Å²) < 4.78 is 6.11. The molecule has 4 rings (SSSR count). The van der Waals surface area contributed by atoms with Crippen LogP contribution in [0.1, 0.15) is 33.6 Å². The number of hydrogen-bond donors (Lipinski definition) is 1. The molecule has 1 heterocycles. The molecule has 0 unspecified atom stereocenters. The average Bonchev–Trinajstić information content (AvgIpc) is 3.65. The second kappa shape index (κ2) is 10.1. The van der Waals surface area contributed by atoms with E-state index >= 15 is 0 Å². The van der Waals surface area contributed by atoms with Crippen LogP contribution in [0.25, 0.3) is 22.4 Å². The Hall–Kier alpha value is -4.54. The molecule has 1 amide bonds. The molecule has 0 bridgehead atoms. The van der Waals surface area contributed by atoms with Gasteiger partial charge in [0.15, 0.2) is 0 Å². The van der Waals surface area contributed by atoms with E-state index in [2.05, 4.69) is 4.98 Å². The van der Waals surface area contributed by atoms with Crippen molar-refractivity contribution in [1.29, 1.82) is 0 Å². The van der Waals surface area contributed by atoms with Crippen molar-refractivity contribution in [3.05, 3.63) is 81.0 Å². The van der Waals surface area contributed by atoms with Gasteiger partial charge in [-0.05, 0) is 69.5 Å². The molecule has 11 nitrogen and oxygen atoms in total. The summed E-state index contributed by atoms with van der Waals surface area (Å²) >= 11 is 0. The van der Waals surface area contributed by atoms with E-state index in [-0.39, 0.29) is 16.8 Å². The van der Waals surface area contributed by atoms with E-state index < -0.39 is 21.5 Å². The maximum atomic E-state index is 11.8. The number of carbonyl (C=O) groups is 1. The molecule has 11 heteroatoms. The number of pyridine rings is 1. The monoisotopic (exact) mass is 520 g/mol. The first-order chi connectivity index (χ1) is 17.9. The predicted molar refractivity (Wildman–Crippen MR) is 140 cm³/mol. The molecule has 0 spiro atoms. The summed E-state index contributed by atoms with van der Waals surface area (Å²) in [5.74, 6) is 0.466. The number of non-ortho nitro benzene ring substituents is 2. The van der Waals surface area contributed by atoms with Crippen molar-refractivity contribution in [3.8, 4) is 28.1 Å². The fraction of sp³-hybridized carbons (Fsp3) is 0.333. The van der Waals surface area contributed by atoms with Crippen LogP contribution in [0.2, 0.25) is 0 Å². The van der Waals surface area contributed by atoms with Crippen LogP contribution in [-0.4, -0.2) is 49.6 Å². The number of hydrogen-bond acceptors (Lipinski definition) is 7. The Balaban J connectivity index is 1.63. The fourth-order valence-corrected chi connectivity index (χ4v) is 4.17. The number of aromatic nitrogens is 1. The number of rotatable bonds is 9. The van der Waals surface area contributed by atoms with Crippen LogP contribution in [0.4, 0.5) is 16.2 Å². The van der Waals surface area contributed by atoms with Crippen LogP contribution >= 0.6 is 0 Å². The van der Waals surface area contributed by atoms with E-state index in [0.717, 1.165) is 12.8 Å². The van der Waals surface area contributed by atoms with Gasteiger partial charge in [-0.25, -0.2) is 4.79 Å². The molecule has 0 saturated heterocycles. The third-order valence-corrected chi connectivity index (χ3v) is 6.64. The molecular formula is C27H28N4O7. The van der Waals surface area contributed by atoms with E-state index in [1.54, 1.807) is 36.5 Å². The van der Waals surface area contributed by atoms with Crippen molar-refractivity contribution in [2.45, 2.75) is 39.2 Å². The Morgan fingerprint density at radius 3 is 1.97 bits per heavy atom. The third kappa shape index (κ3) is 5.88. The first-order valence-corrected chi connectivity index (χ1v) is 12.0. The Labute approximate surface area is 219 Å². The van der Waals surface area contributed by atoms with Gasteiger partial charge in [-0.15, -0.1) is 0 Å². The first-order valence-electron chi connectivity index (χ1n) is 12.0. The average molecular weight is 521 g/mol. The predicted octanol–water partition coefficient (Wildman–Crippen LogP) is 6.17. The second-order valence-electron chi connectivity index (χ2n) is 10.5. The highest BCUT2D eigenvalue weighted by Gasteiger charge is 2.47. The van der Waals surface area contributed by atoms with E-state index in [1.807, 2.05) is 20.8 Å². The molecule has 1 aromatic heterocycles. The number of carboxylic acid groups (broad SMARTS) is 1. The highest BCUT2D eigenvalue weighted by molar-refractivity contribution is 5.82. The highest BCUT2D eigenvalue weighted by Crippen LogP contribution is 2.47. The quantitative estimate of drug-likeness (QED) is 0.260. The van der Waals surface area contributed by atoms with Crippen LogP contribution in [0.3, 0.4) is 0 Å². The van der Waals surface area contributed by atoms with Crippen LogP contribution in [0.15, 0.2) is 60.8 Å². The lowest BCUT2D eigenvalue weighted by molar-refractivity contribution is -0.385. The standard InChI is InChI=1S/C27H28N4O7/c1-26(2,3)29(25(32)33)16-27(12-13-27)17-38-22-14-23(18-4-8-20(9-5-18)30(34)35)24(28-15-22)19-6-10-21(11-7-19)31(36)37/h4-11,14-15H,12-13,16-17H2,1-3H3,(H,32,33). The van der Waals surface area contributed by atoms with E-state index in [4.69, 9.17) is 4.74 Å². The molecular weight excluding hydrogens is 492 g/mol. The minimum atomic E-state index is -0.974. The third-order valence-electron chi connectivity index (χ3n) is 6.64. The lowest BCUT2D eigenvalue weighted by Gasteiger charge is -2.36. The second-order valence-corrected chi connectivity index (χ2v) is 10.5. The van der Waals surface area contributed by atoms with Gasteiger partial charge in [0.05, 0.1) is 28.3 Å².